The van der Waals surface area contributed by atoms with Gasteiger partial charge < -0.3 is 0 Å². The highest BCUT2D eigenvalue weighted by molar-refractivity contribution is 14.1. The van der Waals surface area contributed by atoms with E-state index >= 15 is 0 Å². The summed E-state index contributed by atoms with van der Waals surface area (Å²) < 4.78 is 0.902. The Bertz CT molecular complexity index is 318. The third-order valence-corrected chi connectivity index (χ3v) is 2.85. The van der Waals surface area contributed by atoms with Gasteiger partial charge in [0, 0.05) is 16.4 Å². The van der Waals surface area contributed by atoms with Gasteiger partial charge in [-0.3, -0.25) is 4.79 Å². The maximum Gasteiger partial charge on any atom is 0.162 e. The summed E-state index contributed by atoms with van der Waals surface area (Å²) in [5, 5.41) is 0. The number of alkyl halides is 1. The number of Topliss-reactive ketones (excluding diaryl/α,β-unsaturated/α-hetero) is 1. The van der Waals surface area contributed by atoms with Crippen LogP contribution in [0.1, 0.15) is 34.8 Å². The summed E-state index contributed by atoms with van der Waals surface area (Å²) in [6.45, 7) is 3.92. The number of hydrogen-bond donors (Lipinski definition) is 0. The van der Waals surface area contributed by atoms with E-state index in [9.17, 15) is 4.79 Å². The molecule has 0 N–H and O–H groups in total. The van der Waals surface area contributed by atoms with Gasteiger partial charge in [-0.2, -0.15) is 0 Å². The van der Waals surface area contributed by atoms with Crippen molar-refractivity contribution in [1.29, 1.82) is 0 Å². The second-order valence-electron chi connectivity index (χ2n) is 3.07. The Balaban J connectivity index is 3.15. The minimum atomic E-state index is 0.246. The average molecular weight is 288 g/mol. The zero-order valence-electron chi connectivity index (χ0n) is 7.93. The van der Waals surface area contributed by atoms with E-state index in [1.807, 2.05) is 26.0 Å². The molecule has 0 unspecified atom stereocenters. The molecule has 0 spiro atoms. The molecule has 0 atom stereocenters. The Morgan fingerprint density at radius 3 is 2.69 bits per heavy atom. The third kappa shape index (κ3) is 2.53. The minimum Gasteiger partial charge on any atom is -0.294 e. The molecular formula is C11H13IO. The molecule has 1 nitrogen and oxygen atoms in total. The molecule has 0 radical (unpaired) electrons. The Labute approximate surface area is 92.7 Å². The number of rotatable bonds is 3. The largest absolute Gasteiger partial charge is 0.294 e. The van der Waals surface area contributed by atoms with Crippen molar-refractivity contribution in [3.63, 3.8) is 0 Å². The second kappa shape index (κ2) is 4.74. The van der Waals surface area contributed by atoms with Crippen molar-refractivity contribution < 1.29 is 4.79 Å². The first kappa shape index (κ1) is 10.7. The summed E-state index contributed by atoms with van der Waals surface area (Å²) in [5.74, 6) is 0.246. The van der Waals surface area contributed by atoms with Crippen molar-refractivity contribution in [2.45, 2.75) is 24.7 Å². The molecule has 1 rings (SSSR count). The Morgan fingerprint density at radius 1 is 1.46 bits per heavy atom. The highest BCUT2D eigenvalue weighted by atomic mass is 127. The quantitative estimate of drug-likeness (QED) is 0.472. The zero-order valence-corrected chi connectivity index (χ0v) is 10.1. The molecular weight excluding hydrogens is 275 g/mol. The van der Waals surface area contributed by atoms with Crippen LogP contribution in [0.2, 0.25) is 0 Å². The van der Waals surface area contributed by atoms with Gasteiger partial charge in [0.25, 0.3) is 0 Å². The predicted molar refractivity (Wildman–Crippen MR) is 63.5 cm³/mol. The number of carbonyl (C=O) groups is 1. The molecule has 2 heteroatoms. The summed E-state index contributed by atoms with van der Waals surface area (Å²) in [6, 6.07) is 6.09. The maximum atomic E-state index is 11.5. The van der Waals surface area contributed by atoms with Crippen LogP contribution >= 0.6 is 22.6 Å². The van der Waals surface area contributed by atoms with E-state index in [0.29, 0.717) is 6.42 Å². The van der Waals surface area contributed by atoms with Crippen molar-refractivity contribution >= 4 is 28.4 Å². The molecule has 0 saturated heterocycles. The summed E-state index contributed by atoms with van der Waals surface area (Å²) in [6.07, 6.45) is 0.590. The van der Waals surface area contributed by atoms with Crippen molar-refractivity contribution in [3.8, 4) is 0 Å². The first-order valence-electron chi connectivity index (χ1n) is 4.37. The maximum absolute atomic E-state index is 11.5. The van der Waals surface area contributed by atoms with Crippen LogP contribution in [0.15, 0.2) is 18.2 Å². The molecule has 0 amide bonds. The lowest BCUT2D eigenvalue weighted by atomic mass is 10.0. The number of benzene rings is 1. The molecule has 0 aliphatic carbocycles. The molecule has 0 aliphatic rings. The van der Waals surface area contributed by atoms with Gasteiger partial charge in [0.05, 0.1) is 0 Å². The predicted octanol–water partition coefficient (Wildman–Crippen LogP) is 3.52. The van der Waals surface area contributed by atoms with Crippen LogP contribution in [0, 0.1) is 6.92 Å². The van der Waals surface area contributed by atoms with Gasteiger partial charge in [-0.25, -0.2) is 0 Å². The minimum absolute atomic E-state index is 0.246. The van der Waals surface area contributed by atoms with Gasteiger partial charge in [0.15, 0.2) is 5.78 Å². The van der Waals surface area contributed by atoms with E-state index in [1.54, 1.807) is 0 Å². The van der Waals surface area contributed by atoms with Crippen LogP contribution in [0.4, 0.5) is 0 Å². The van der Waals surface area contributed by atoms with E-state index < -0.39 is 0 Å². The molecule has 1 aromatic carbocycles. The number of hydrogen-bond acceptors (Lipinski definition) is 1. The van der Waals surface area contributed by atoms with Crippen molar-refractivity contribution in [2.24, 2.45) is 0 Å². The van der Waals surface area contributed by atoms with Gasteiger partial charge in [0.1, 0.15) is 0 Å². The highest BCUT2D eigenvalue weighted by Gasteiger charge is 2.08. The highest BCUT2D eigenvalue weighted by Crippen LogP contribution is 2.16. The molecule has 0 aromatic heterocycles. The Hall–Kier alpha value is -0.380. The first-order chi connectivity index (χ1) is 6.19. The van der Waals surface area contributed by atoms with Crippen LogP contribution in [-0.4, -0.2) is 5.78 Å². The summed E-state index contributed by atoms with van der Waals surface area (Å²) >= 11 is 2.29. The number of aryl methyl sites for hydroxylation is 1. The number of halogens is 1. The lowest BCUT2D eigenvalue weighted by Gasteiger charge is -2.05. The lowest BCUT2D eigenvalue weighted by Crippen LogP contribution is -2.01. The van der Waals surface area contributed by atoms with Crippen LogP contribution in [0.3, 0.4) is 0 Å². The molecule has 13 heavy (non-hydrogen) atoms. The van der Waals surface area contributed by atoms with E-state index in [-0.39, 0.29) is 5.78 Å². The second-order valence-corrected chi connectivity index (χ2v) is 3.83. The van der Waals surface area contributed by atoms with Gasteiger partial charge in [-0.05, 0) is 18.6 Å². The van der Waals surface area contributed by atoms with Crippen LogP contribution < -0.4 is 0 Å². The summed E-state index contributed by atoms with van der Waals surface area (Å²) in [4.78, 5) is 11.5. The molecule has 0 aliphatic heterocycles. The summed E-state index contributed by atoms with van der Waals surface area (Å²) in [5.41, 5.74) is 3.21. The monoisotopic (exact) mass is 288 g/mol. The van der Waals surface area contributed by atoms with Crippen LogP contribution in [-0.2, 0) is 4.43 Å². The van der Waals surface area contributed by atoms with Gasteiger partial charge in [-0.15, -0.1) is 0 Å². The van der Waals surface area contributed by atoms with E-state index in [2.05, 4.69) is 28.7 Å². The molecule has 70 valence electrons. The van der Waals surface area contributed by atoms with Crippen molar-refractivity contribution in [3.05, 3.63) is 34.9 Å². The SMILES string of the molecule is CCC(=O)c1cc(C)ccc1CI. The summed E-state index contributed by atoms with van der Waals surface area (Å²) in [7, 11) is 0. The molecule has 0 saturated carbocycles. The van der Waals surface area contributed by atoms with Gasteiger partial charge >= 0.3 is 0 Å². The number of ketones is 1. The zero-order chi connectivity index (χ0) is 9.84. The van der Waals surface area contributed by atoms with Crippen LogP contribution in [0.25, 0.3) is 0 Å². The first-order valence-corrected chi connectivity index (χ1v) is 5.90. The van der Waals surface area contributed by atoms with E-state index in [0.717, 1.165) is 21.1 Å². The van der Waals surface area contributed by atoms with Gasteiger partial charge in [0.2, 0.25) is 0 Å². The van der Waals surface area contributed by atoms with Crippen LogP contribution in [0.5, 0.6) is 0 Å². The number of carbonyl (C=O) groups excluding carboxylic acids is 1. The normalized spacial score (nSPS) is 10.1. The van der Waals surface area contributed by atoms with E-state index in [4.69, 9.17) is 0 Å². The fraction of sp³-hybridized carbons (Fsp3) is 0.364. The van der Waals surface area contributed by atoms with Crippen molar-refractivity contribution in [1.82, 2.24) is 0 Å². The molecule has 0 fully saturated rings. The Kier molecular flexibility index (Phi) is 3.90. The van der Waals surface area contributed by atoms with Gasteiger partial charge in [-0.1, -0.05) is 47.2 Å². The fourth-order valence-corrected chi connectivity index (χ4v) is 1.92. The average Bonchev–Trinajstić information content (AvgIpc) is 2.16. The lowest BCUT2D eigenvalue weighted by molar-refractivity contribution is 0.0987. The van der Waals surface area contributed by atoms with Crippen molar-refractivity contribution in [2.75, 3.05) is 0 Å². The smallest absolute Gasteiger partial charge is 0.162 e. The Morgan fingerprint density at radius 2 is 2.15 bits per heavy atom. The third-order valence-electron chi connectivity index (χ3n) is 2.03. The van der Waals surface area contributed by atoms with E-state index in [1.165, 1.54) is 0 Å². The topological polar surface area (TPSA) is 17.1 Å². The molecule has 0 heterocycles. The molecule has 1 aromatic rings. The fourth-order valence-electron chi connectivity index (χ4n) is 1.26. The molecule has 0 bridgehead atoms. The standard InChI is InChI=1S/C11H13IO/c1-3-11(13)10-6-8(2)4-5-9(10)7-12/h4-6H,3,7H2,1-2H3.